The van der Waals surface area contributed by atoms with Crippen LogP contribution in [0.2, 0.25) is 0 Å². The van der Waals surface area contributed by atoms with Crippen molar-refractivity contribution in [2.24, 2.45) is 5.92 Å². The molecular weight excluding hydrogens is 370 g/mol. The number of nitrogens with one attached hydrogen (secondary N) is 2. The summed E-state index contributed by atoms with van der Waals surface area (Å²) in [4.78, 5) is 4.48. The zero-order valence-electron chi connectivity index (χ0n) is 17.2. The lowest BCUT2D eigenvalue weighted by molar-refractivity contribution is 0.361. The first-order valence-corrected chi connectivity index (χ1v) is 11.8. The Labute approximate surface area is 169 Å². The fourth-order valence-corrected chi connectivity index (χ4v) is 4.47. The minimum atomic E-state index is -3.32. The van der Waals surface area contributed by atoms with Gasteiger partial charge in [-0.3, -0.25) is 9.71 Å². The van der Waals surface area contributed by atoms with Crippen LogP contribution in [0.3, 0.4) is 0 Å². The molecule has 1 aromatic carbocycles. The second-order valence-electron chi connectivity index (χ2n) is 8.01. The summed E-state index contributed by atoms with van der Waals surface area (Å²) in [5, 5.41) is 3.71. The van der Waals surface area contributed by atoms with Crippen LogP contribution >= 0.6 is 0 Å². The summed E-state index contributed by atoms with van der Waals surface area (Å²) in [6, 6.07) is 10.3. The van der Waals surface area contributed by atoms with Crippen molar-refractivity contribution in [3.05, 3.63) is 41.7 Å². The van der Waals surface area contributed by atoms with Crippen LogP contribution < -0.4 is 10.0 Å². The van der Waals surface area contributed by atoms with Crippen molar-refractivity contribution in [1.29, 1.82) is 0 Å². The van der Waals surface area contributed by atoms with Gasteiger partial charge in [-0.1, -0.05) is 6.92 Å². The fourth-order valence-electron chi connectivity index (χ4n) is 3.84. The van der Waals surface area contributed by atoms with Crippen LogP contribution in [-0.4, -0.2) is 25.2 Å². The number of rotatable bonds is 6. The average Bonchev–Trinajstić information content (AvgIpc) is 2.64. The van der Waals surface area contributed by atoms with E-state index in [9.17, 15) is 8.42 Å². The molecule has 1 aliphatic carbocycles. The second-order valence-corrected chi connectivity index (χ2v) is 10.0. The molecule has 0 unspecified atom stereocenters. The van der Waals surface area contributed by atoms with Gasteiger partial charge < -0.3 is 5.32 Å². The summed E-state index contributed by atoms with van der Waals surface area (Å²) in [6.45, 7) is 7.92. The molecule has 2 aromatic rings. The lowest BCUT2D eigenvalue weighted by atomic mass is 9.87. The standard InChI is InChI=1S/C22H31N3O2S/c1-5-28(26,27)25-20-10-11-22(24-19-8-6-15(2)7-9-19)21(14-20)18-12-16(3)23-17(4)13-18/h10-15,19,24-25H,5-9H2,1-4H3. The van der Waals surface area contributed by atoms with Crippen LogP contribution in [-0.2, 0) is 10.0 Å². The molecule has 0 radical (unpaired) electrons. The number of aryl methyl sites for hydroxylation is 2. The van der Waals surface area contributed by atoms with Gasteiger partial charge in [-0.05, 0) is 88.3 Å². The molecule has 5 nitrogen and oxygen atoms in total. The molecule has 28 heavy (non-hydrogen) atoms. The van der Waals surface area contributed by atoms with Gasteiger partial charge in [0.05, 0.1) is 5.75 Å². The number of pyridine rings is 1. The third-order valence-corrected chi connectivity index (χ3v) is 6.75. The van der Waals surface area contributed by atoms with Crippen LogP contribution in [0.4, 0.5) is 11.4 Å². The first-order chi connectivity index (χ1) is 13.3. The summed E-state index contributed by atoms with van der Waals surface area (Å²) in [5.41, 5.74) is 5.59. The maximum Gasteiger partial charge on any atom is 0.232 e. The highest BCUT2D eigenvalue weighted by Gasteiger charge is 2.20. The highest BCUT2D eigenvalue weighted by Crippen LogP contribution is 2.34. The van der Waals surface area contributed by atoms with E-state index >= 15 is 0 Å². The summed E-state index contributed by atoms with van der Waals surface area (Å²) < 4.78 is 26.7. The number of hydrogen-bond donors (Lipinski definition) is 2. The van der Waals surface area contributed by atoms with Gasteiger partial charge in [-0.15, -0.1) is 0 Å². The van der Waals surface area contributed by atoms with Crippen LogP contribution in [0.15, 0.2) is 30.3 Å². The molecule has 0 bridgehead atoms. The summed E-state index contributed by atoms with van der Waals surface area (Å²) in [5.74, 6) is 0.852. The zero-order chi connectivity index (χ0) is 20.3. The van der Waals surface area contributed by atoms with E-state index in [2.05, 4.69) is 34.1 Å². The Morgan fingerprint density at radius 2 is 1.68 bits per heavy atom. The lowest BCUT2D eigenvalue weighted by Gasteiger charge is -2.29. The van der Waals surface area contributed by atoms with Crippen LogP contribution in [0.1, 0.15) is 50.9 Å². The van der Waals surface area contributed by atoms with Gasteiger partial charge in [0.2, 0.25) is 10.0 Å². The molecular formula is C22H31N3O2S. The predicted octanol–water partition coefficient (Wildman–Crippen LogP) is 5.12. The molecule has 0 spiro atoms. The van der Waals surface area contributed by atoms with Crippen molar-refractivity contribution in [2.45, 2.75) is 59.4 Å². The van der Waals surface area contributed by atoms with E-state index in [0.717, 1.165) is 34.1 Å². The average molecular weight is 402 g/mol. The van der Waals surface area contributed by atoms with Crippen LogP contribution in [0.25, 0.3) is 11.1 Å². The number of aromatic nitrogens is 1. The molecule has 1 aliphatic rings. The molecule has 0 amide bonds. The predicted molar refractivity (Wildman–Crippen MR) is 117 cm³/mol. The van der Waals surface area contributed by atoms with Gasteiger partial charge in [0, 0.05) is 34.4 Å². The zero-order valence-corrected chi connectivity index (χ0v) is 18.1. The molecule has 6 heteroatoms. The number of anilines is 2. The summed E-state index contributed by atoms with van der Waals surface area (Å²) >= 11 is 0. The Hall–Kier alpha value is -2.08. The third-order valence-electron chi connectivity index (χ3n) is 5.44. The molecule has 3 rings (SSSR count). The second kappa shape index (κ2) is 8.52. The molecule has 0 aliphatic heterocycles. The van der Waals surface area contributed by atoms with Crippen molar-refractivity contribution < 1.29 is 8.42 Å². The first kappa shape index (κ1) is 20.6. The van der Waals surface area contributed by atoms with Crippen molar-refractivity contribution in [2.75, 3.05) is 15.8 Å². The lowest BCUT2D eigenvalue weighted by Crippen LogP contribution is -2.25. The van der Waals surface area contributed by atoms with E-state index in [1.807, 2.05) is 32.0 Å². The molecule has 0 atom stereocenters. The maximum atomic E-state index is 12.0. The van der Waals surface area contributed by atoms with Crippen molar-refractivity contribution in [1.82, 2.24) is 4.98 Å². The van der Waals surface area contributed by atoms with E-state index < -0.39 is 10.0 Å². The third kappa shape index (κ3) is 5.25. The van der Waals surface area contributed by atoms with E-state index in [1.165, 1.54) is 25.7 Å². The maximum absolute atomic E-state index is 12.0. The van der Waals surface area contributed by atoms with Gasteiger partial charge in [-0.25, -0.2) is 8.42 Å². The van der Waals surface area contributed by atoms with Crippen molar-refractivity contribution in [3.63, 3.8) is 0 Å². The number of benzene rings is 1. The fraction of sp³-hybridized carbons (Fsp3) is 0.500. The molecule has 152 valence electrons. The molecule has 1 heterocycles. The van der Waals surface area contributed by atoms with Gasteiger partial charge in [0.1, 0.15) is 0 Å². The van der Waals surface area contributed by atoms with Crippen LogP contribution in [0, 0.1) is 19.8 Å². The minimum absolute atomic E-state index is 0.0517. The SMILES string of the molecule is CCS(=O)(=O)Nc1ccc(NC2CCC(C)CC2)c(-c2cc(C)nc(C)c2)c1. The Bertz CT molecular complexity index is 913. The van der Waals surface area contributed by atoms with Gasteiger partial charge in [0.25, 0.3) is 0 Å². The van der Waals surface area contributed by atoms with Gasteiger partial charge in [0.15, 0.2) is 0 Å². The molecule has 1 fully saturated rings. The van der Waals surface area contributed by atoms with E-state index in [4.69, 9.17) is 0 Å². The minimum Gasteiger partial charge on any atom is -0.382 e. The monoisotopic (exact) mass is 401 g/mol. The molecule has 1 saturated carbocycles. The Balaban J connectivity index is 1.98. The Morgan fingerprint density at radius 1 is 1.04 bits per heavy atom. The molecule has 2 N–H and O–H groups in total. The van der Waals surface area contributed by atoms with E-state index in [0.29, 0.717) is 11.7 Å². The number of nitrogens with zero attached hydrogens (tertiary/aromatic N) is 1. The quantitative estimate of drug-likeness (QED) is 0.705. The highest BCUT2D eigenvalue weighted by molar-refractivity contribution is 7.92. The van der Waals surface area contributed by atoms with Crippen molar-refractivity contribution >= 4 is 21.4 Å². The molecule has 1 aromatic heterocycles. The highest BCUT2D eigenvalue weighted by atomic mass is 32.2. The largest absolute Gasteiger partial charge is 0.382 e. The summed E-state index contributed by atoms with van der Waals surface area (Å²) in [7, 11) is -3.32. The van der Waals surface area contributed by atoms with Crippen LogP contribution in [0.5, 0.6) is 0 Å². The Morgan fingerprint density at radius 3 is 2.29 bits per heavy atom. The van der Waals surface area contributed by atoms with Gasteiger partial charge >= 0.3 is 0 Å². The van der Waals surface area contributed by atoms with Crippen molar-refractivity contribution in [3.8, 4) is 11.1 Å². The topological polar surface area (TPSA) is 71.1 Å². The normalized spacial score (nSPS) is 20.0. The number of sulfonamides is 1. The molecule has 0 saturated heterocycles. The van der Waals surface area contributed by atoms with E-state index in [-0.39, 0.29) is 5.75 Å². The summed E-state index contributed by atoms with van der Waals surface area (Å²) in [6.07, 6.45) is 4.82. The van der Waals surface area contributed by atoms with Gasteiger partial charge in [-0.2, -0.15) is 0 Å². The number of hydrogen-bond acceptors (Lipinski definition) is 4. The smallest absolute Gasteiger partial charge is 0.232 e. The Kier molecular flexibility index (Phi) is 6.28. The van der Waals surface area contributed by atoms with E-state index in [1.54, 1.807) is 6.92 Å². The first-order valence-electron chi connectivity index (χ1n) is 10.1.